The fourth-order valence-corrected chi connectivity index (χ4v) is 1.98. The summed E-state index contributed by atoms with van der Waals surface area (Å²) in [5.74, 6) is 1.40. The van der Waals surface area contributed by atoms with Crippen molar-refractivity contribution in [2.75, 3.05) is 26.1 Å². The largest absolute Gasteiger partial charge is 0.496 e. The maximum Gasteiger partial charge on any atom is 0.157 e. The lowest BCUT2D eigenvalue weighted by atomic mass is 10.1. The normalized spacial score (nSPS) is 10.5. The molecule has 0 spiro atoms. The molecule has 0 saturated carbocycles. The average Bonchev–Trinajstić information content (AvgIpc) is 2.47. The van der Waals surface area contributed by atoms with Crippen molar-refractivity contribution in [3.63, 3.8) is 0 Å². The highest BCUT2D eigenvalue weighted by molar-refractivity contribution is 5.69. The standard InChI is InChI=1S/C15H18FN3O2/c1-4-17-14-8-12(18-15(19-14)9-20-2)11-7-10(16)5-6-13(11)21-3/h5-8H,4,9H2,1-3H3,(H,17,18,19). The molecule has 0 radical (unpaired) electrons. The average molecular weight is 291 g/mol. The van der Waals surface area contributed by atoms with E-state index >= 15 is 0 Å². The van der Waals surface area contributed by atoms with Crippen molar-refractivity contribution in [3.8, 4) is 17.0 Å². The van der Waals surface area contributed by atoms with Crippen molar-refractivity contribution < 1.29 is 13.9 Å². The van der Waals surface area contributed by atoms with Gasteiger partial charge in [0.25, 0.3) is 0 Å². The van der Waals surface area contributed by atoms with Crippen LogP contribution < -0.4 is 10.1 Å². The number of benzene rings is 1. The Bertz CT molecular complexity index is 596. The number of hydrogen-bond donors (Lipinski definition) is 1. The van der Waals surface area contributed by atoms with Gasteiger partial charge >= 0.3 is 0 Å². The molecule has 0 aliphatic carbocycles. The summed E-state index contributed by atoms with van der Waals surface area (Å²) in [6, 6.07) is 6.09. The van der Waals surface area contributed by atoms with Crippen LogP contribution in [0.1, 0.15) is 12.7 Å². The van der Waals surface area contributed by atoms with Crippen molar-refractivity contribution in [2.45, 2.75) is 13.5 Å². The van der Waals surface area contributed by atoms with Crippen LogP contribution >= 0.6 is 0 Å². The first-order valence-corrected chi connectivity index (χ1v) is 6.62. The van der Waals surface area contributed by atoms with Crippen LogP contribution in [0.4, 0.5) is 10.2 Å². The van der Waals surface area contributed by atoms with Gasteiger partial charge in [-0.05, 0) is 25.1 Å². The highest BCUT2D eigenvalue weighted by Gasteiger charge is 2.12. The summed E-state index contributed by atoms with van der Waals surface area (Å²) < 4.78 is 23.9. The molecule has 0 aliphatic rings. The lowest BCUT2D eigenvalue weighted by Gasteiger charge is -2.11. The van der Waals surface area contributed by atoms with Crippen LogP contribution in [-0.2, 0) is 11.3 Å². The predicted molar refractivity (Wildman–Crippen MR) is 78.9 cm³/mol. The molecule has 0 saturated heterocycles. The van der Waals surface area contributed by atoms with Gasteiger partial charge in [-0.25, -0.2) is 14.4 Å². The number of methoxy groups -OCH3 is 2. The molecule has 1 heterocycles. The number of halogens is 1. The minimum atomic E-state index is -0.345. The minimum Gasteiger partial charge on any atom is -0.496 e. The Labute approximate surface area is 123 Å². The van der Waals surface area contributed by atoms with E-state index in [9.17, 15) is 4.39 Å². The molecule has 0 amide bonds. The Morgan fingerprint density at radius 3 is 2.67 bits per heavy atom. The summed E-state index contributed by atoms with van der Waals surface area (Å²) in [4.78, 5) is 8.74. The van der Waals surface area contributed by atoms with Gasteiger partial charge in [0, 0.05) is 25.3 Å². The highest BCUT2D eigenvalue weighted by Crippen LogP contribution is 2.30. The van der Waals surface area contributed by atoms with E-state index in [4.69, 9.17) is 9.47 Å². The molecule has 0 atom stereocenters. The van der Waals surface area contributed by atoms with E-state index < -0.39 is 0 Å². The second kappa shape index (κ2) is 6.99. The lowest BCUT2D eigenvalue weighted by Crippen LogP contribution is -2.06. The second-order valence-electron chi connectivity index (χ2n) is 4.36. The third-order valence-corrected chi connectivity index (χ3v) is 2.84. The maximum atomic E-state index is 13.5. The maximum absolute atomic E-state index is 13.5. The molecular weight excluding hydrogens is 273 g/mol. The molecule has 1 aromatic carbocycles. The van der Waals surface area contributed by atoms with Crippen molar-refractivity contribution in [3.05, 3.63) is 35.9 Å². The van der Waals surface area contributed by atoms with E-state index in [1.165, 1.54) is 12.1 Å². The molecule has 0 aliphatic heterocycles. The summed E-state index contributed by atoms with van der Waals surface area (Å²) in [6.45, 7) is 2.98. The quantitative estimate of drug-likeness (QED) is 0.887. The van der Waals surface area contributed by atoms with Gasteiger partial charge in [0.05, 0.1) is 12.8 Å². The first-order chi connectivity index (χ1) is 10.2. The van der Waals surface area contributed by atoms with Crippen molar-refractivity contribution >= 4 is 5.82 Å². The molecule has 21 heavy (non-hydrogen) atoms. The van der Waals surface area contributed by atoms with Gasteiger partial charge in [-0.15, -0.1) is 0 Å². The molecule has 2 rings (SSSR count). The van der Waals surface area contributed by atoms with E-state index in [0.717, 1.165) is 6.54 Å². The van der Waals surface area contributed by atoms with Crippen LogP contribution in [0, 0.1) is 5.82 Å². The van der Waals surface area contributed by atoms with Crippen LogP contribution in [0.25, 0.3) is 11.3 Å². The Morgan fingerprint density at radius 2 is 2.00 bits per heavy atom. The van der Waals surface area contributed by atoms with Crippen LogP contribution in [0.5, 0.6) is 5.75 Å². The fraction of sp³-hybridized carbons (Fsp3) is 0.333. The monoisotopic (exact) mass is 291 g/mol. The zero-order valence-electron chi connectivity index (χ0n) is 12.3. The Kier molecular flexibility index (Phi) is 5.05. The summed E-state index contributed by atoms with van der Waals surface area (Å²) in [7, 11) is 3.12. The summed E-state index contributed by atoms with van der Waals surface area (Å²) in [5, 5.41) is 3.13. The number of aromatic nitrogens is 2. The number of nitrogens with zero attached hydrogens (tertiary/aromatic N) is 2. The number of anilines is 1. The van der Waals surface area contributed by atoms with Crippen LogP contribution in [0.15, 0.2) is 24.3 Å². The number of nitrogens with one attached hydrogen (secondary N) is 1. The van der Waals surface area contributed by atoms with Crippen molar-refractivity contribution in [1.82, 2.24) is 9.97 Å². The molecule has 0 fully saturated rings. The fourth-order valence-electron chi connectivity index (χ4n) is 1.98. The van der Waals surface area contributed by atoms with Crippen LogP contribution in [-0.4, -0.2) is 30.7 Å². The summed E-state index contributed by atoms with van der Waals surface area (Å²) in [5.41, 5.74) is 1.17. The molecule has 6 heteroatoms. The number of ether oxygens (including phenoxy) is 2. The van der Waals surface area contributed by atoms with E-state index in [2.05, 4.69) is 15.3 Å². The first kappa shape index (κ1) is 15.2. The van der Waals surface area contributed by atoms with Crippen molar-refractivity contribution in [2.24, 2.45) is 0 Å². The van der Waals surface area contributed by atoms with E-state index in [0.29, 0.717) is 28.6 Å². The van der Waals surface area contributed by atoms with Gasteiger partial charge in [-0.1, -0.05) is 0 Å². The van der Waals surface area contributed by atoms with Gasteiger partial charge in [0.15, 0.2) is 5.82 Å². The number of hydrogen-bond acceptors (Lipinski definition) is 5. The topological polar surface area (TPSA) is 56.3 Å². The zero-order chi connectivity index (χ0) is 15.2. The smallest absolute Gasteiger partial charge is 0.157 e. The van der Waals surface area contributed by atoms with Crippen molar-refractivity contribution in [1.29, 1.82) is 0 Å². The van der Waals surface area contributed by atoms with E-state index in [-0.39, 0.29) is 12.4 Å². The Hall–Kier alpha value is -2.21. The molecule has 5 nitrogen and oxygen atoms in total. The lowest BCUT2D eigenvalue weighted by molar-refractivity contribution is 0.178. The van der Waals surface area contributed by atoms with Gasteiger partial charge in [0.2, 0.25) is 0 Å². The Balaban J connectivity index is 2.53. The minimum absolute atomic E-state index is 0.282. The van der Waals surface area contributed by atoms with Gasteiger partial charge in [-0.2, -0.15) is 0 Å². The molecule has 1 aromatic heterocycles. The first-order valence-electron chi connectivity index (χ1n) is 6.62. The molecule has 0 bridgehead atoms. The van der Waals surface area contributed by atoms with E-state index in [1.54, 1.807) is 26.4 Å². The highest BCUT2D eigenvalue weighted by atomic mass is 19.1. The second-order valence-corrected chi connectivity index (χ2v) is 4.36. The molecule has 0 unspecified atom stereocenters. The van der Waals surface area contributed by atoms with E-state index in [1.807, 2.05) is 6.92 Å². The SMILES string of the molecule is CCNc1cc(-c2cc(F)ccc2OC)nc(COC)n1. The van der Waals surface area contributed by atoms with Crippen LogP contribution in [0.2, 0.25) is 0 Å². The number of rotatable bonds is 6. The van der Waals surface area contributed by atoms with Gasteiger partial charge in [0.1, 0.15) is 24.0 Å². The summed E-state index contributed by atoms with van der Waals surface area (Å²) in [6.07, 6.45) is 0. The third kappa shape index (κ3) is 3.66. The van der Waals surface area contributed by atoms with Crippen LogP contribution in [0.3, 0.4) is 0 Å². The predicted octanol–water partition coefficient (Wildman–Crippen LogP) is 2.87. The zero-order valence-corrected chi connectivity index (χ0v) is 12.3. The van der Waals surface area contributed by atoms with Gasteiger partial charge in [-0.3, -0.25) is 0 Å². The third-order valence-electron chi connectivity index (χ3n) is 2.84. The van der Waals surface area contributed by atoms with Gasteiger partial charge < -0.3 is 14.8 Å². The molecule has 2 aromatic rings. The molecule has 112 valence electrons. The summed E-state index contributed by atoms with van der Waals surface area (Å²) >= 11 is 0. The Morgan fingerprint density at radius 1 is 1.19 bits per heavy atom. The molecular formula is C15H18FN3O2. The molecule has 1 N–H and O–H groups in total.